The number of carbonyl (C=O) groups excluding carboxylic acids is 1. The van der Waals surface area contributed by atoms with Gasteiger partial charge in [-0.05, 0) is 50.3 Å². The maximum atomic E-state index is 12.2. The molecule has 0 aliphatic carbocycles. The number of aryl methyl sites for hydroxylation is 1. The number of hydrogen-bond acceptors (Lipinski definition) is 6. The second kappa shape index (κ2) is 10.4. The number of benzene rings is 2. The van der Waals surface area contributed by atoms with Crippen LogP contribution in [0.1, 0.15) is 22.3 Å². The van der Waals surface area contributed by atoms with E-state index < -0.39 is 0 Å². The topological polar surface area (TPSA) is 84.3 Å². The van der Waals surface area contributed by atoms with Gasteiger partial charge in [0.2, 0.25) is 5.95 Å². The van der Waals surface area contributed by atoms with Crippen LogP contribution in [0.25, 0.3) is 0 Å². The molecule has 0 aliphatic rings. The van der Waals surface area contributed by atoms with E-state index in [0.717, 1.165) is 18.7 Å². The molecular formula is C22H28N6O2. The van der Waals surface area contributed by atoms with E-state index in [9.17, 15) is 4.79 Å². The normalized spacial score (nSPS) is 10.8. The lowest BCUT2D eigenvalue weighted by Crippen LogP contribution is -2.13. The standard InChI is InChI=1S/C22H28N6O2/c1-27(2)16-17-9-7-12-19(15-17)30-14-8-13-23-22-25-21(26-28(22)3)24-20(29)18-10-5-4-6-11-18/h4-7,9-12,15H,8,13-14,16H2,1-3H3,(H2,23,24,25,26,29). The number of aromatic nitrogens is 3. The number of rotatable bonds is 10. The second-order valence-electron chi connectivity index (χ2n) is 7.22. The van der Waals surface area contributed by atoms with Crippen molar-refractivity contribution in [2.24, 2.45) is 7.05 Å². The molecule has 0 saturated carbocycles. The van der Waals surface area contributed by atoms with Crippen molar-refractivity contribution in [1.29, 1.82) is 0 Å². The van der Waals surface area contributed by atoms with Crippen molar-refractivity contribution in [3.05, 3.63) is 65.7 Å². The fourth-order valence-electron chi connectivity index (χ4n) is 2.92. The number of amides is 1. The Kier molecular flexibility index (Phi) is 7.40. The van der Waals surface area contributed by atoms with Gasteiger partial charge < -0.3 is 15.0 Å². The van der Waals surface area contributed by atoms with Crippen LogP contribution in [0.4, 0.5) is 11.9 Å². The zero-order valence-electron chi connectivity index (χ0n) is 17.6. The Hall–Kier alpha value is -3.39. The van der Waals surface area contributed by atoms with Crippen molar-refractivity contribution < 1.29 is 9.53 Å². The van der Waals surface area contributed by atoms with Crippen molar-refractivity contribution in [2.75, 3.05) is 37.9 Å². The van der Waals surface area contributed by atoms with Gasteiger partial charge in [0.15, 0.2) is 0 Å². The third kappa shape index (κ3) is 6.31. The van der Waals surface area contributed by atoms with Crippen LogP contribution < -0.4 is 15.4 Å². The van der Waals surface area contributed by atoms with Gasteiger partial charge in [-0.3, -0.25) is 10.1 Å². The summed E-state index contributed by atoms with van der Waals surface area (Å²) in [5.41, 5.74) is 1.78. The quantitative estimate of drug-likeness (QED) is 0.502. The summed E-state index contributed by atoms with van der Waals surface area (Å²) in [7, 11) is 5.87. The molecule has 2 aromatic carbocycles. The first kappa shape index (κ1) is 21.3. The van der Waals surface area contributed by atoms with Crippen LogP contribution in [-0.2, 0) is 13.6 Å². The molecule has 1 heterocycles. The van der Waals surface area contributed by atoms with Crippen LogP contribution in [0.2, 0.25) is 0 Å². The number of nitrogens with one attached hydrogen (secondary N) is 2. The van der Waals surface area contributed by atoms with E-state index in [4.69, 9.17) is 4.74 Å². The molecule has 0 spiro atoms. The smallest absolute Gasteiger partial charge is 0.258 e. The van der Waals surface area contributed by atoms with E-state index in [1.165, 1.54) is 5.56 Å². The van der Waals surface area contributed by atoms with Crippen LogP contribution in [0.5, 0.6) is 5.75 Å². The molecule has 8 heteroatoms. The first-order valence-corrected chi connectivity index (χ1v) is 9.89. The fraction of sp³-hybridized carbons (Fsp3) is 0.318. The molecule has 0 aliphatic heterocycles. The lowest BCUT2D eigenvalue weighted by atomic mass is 10.2. The molecule has 3 rings (SSSR count). The van der Waals surface area contributed by atoms with Gasteiger partial charge in [0.25, 0.3) is 11.9 Å². The fourth-order valence-corrected chi connectivity index (χ4v) is 2.92. The van der Waals surface area contributed by atoms with Crippen LogP contribution in [0.3, 0.4) is 0 Å². The van der Waals surface area contributed by atoms with Gasteiger partial charge in [-0.2, -0.15) is 4.98 Å². The molecule has 0 saturated heterocycles. The summed E-state index contributed by atoms with van der Waals surface area (Å²) >= 11 is 0. The van der Waals surface area contributed by atoms with Crippen molar-refractivity contribution in [3.63, 3.8) is 0 Å². The van der Waals surface area contributed by atoms with Crippen LogP contribution in [0, 0.1) is 0 Å². The van der Waals surface area contributed by atoms with Crippen molar-refractivity contribution in [2.45, 2.75) is 13.0 Å². The number of hydrogen-bond donors (Lipinski definition) is 2. The zero-order chi connectivity index (χ0) is 21.3. The predicted octanol–water partition coefficient (Wildman–Crippen LogP) is 3.01. The summed E-state index contributed by atoms with van der Waals surface area (Å²) in [5.74, 6) is 1.49. The Bertz CT molecular complexity index is 955. The summed E-state index contributed by atoms with van der Waals surface area (Å²) in [6.07, 6.45) is 0.802. The summed E-state index contributed by atoms with van der Waals surface area (Å²) in [6.45, 7) is 2.15. The van der Waals surface area contributed by atoms with Crippen LogP contribution in [0.15, 0.2) is 54.6 Å². The molecule has 2 N–H and O–H groups in total. The summed E-state index contributed by atoms with van der Waals surface area (Å²) in [5, 5.41) is 10.2. The Balaban J connectivity index is 1.43. The number of nitrogens with zero attached hydrogens (tertiary/aromatic N) is 4. The van der Waals surface area contributed by atoms with E-state index in [1.54, 1.807) is 23.9 Å². The van der Waals surface area contributed by atoms with E-state index >= 15 is 0 Å². The number of ether oxygens (including phenoxy) is 1. The maximum Gasteiger partial charge on any atom is 0.258 e. The summed E-state index contributed by atoms with van der Waals surface area (Å²) in [4.78, 5) is 18.7. The van der Waals surface area contributed by atoms with Gasteiger partial charge in [-0.15, -0.1) is 5.10 Å². The minimum atomic E-state index is -0.238. The molecule has 30 heavy (non-hydrogen) atoms. The lowest BCUT2D eigenvalue weighted by molar-refractivity contribution is 0.102. The monoisotopic (exact) mass is 408 g/mol. The average Bonchev–Trinajstić information content (AvgIpc) is 3.07. The largest absolute Gasteiger partial charge is 0.494 e. The highest BCUT2D eigenvalue weighted by atomic mass is 16.5. The SMILES string of the molecule is CN(C)Cc1cccc(OCCCNc2nc(NC(=O)c3ccccc3)nn2C)c1. The number of carbonyl (C=O) groups is 1. The molecule has 158 valence electrons. The first-order chi connectivity index (χ1) is 14.5. The highest BCUT2D eigenvalue weighted by Crippen LogP contribution is 2.15. The first-order valence-electron chi connectivity index (χ1n) is 9.89. The minimum absolute atomic E-state index is 0.238. The van der Waals surface area contributed by atoms with Gasteiger partial charge >= 0.3 is 0 Å². The van der Waals surface area contributed by atoms with E-state index in [1.807, 2.05) is 44.4 Å². The van der Waals surface area contributed by atoms with Gasteiger partial charge in [-0.25, -0.2) is 4.68 Å². The molecule has 1 amide bonds. The van der Waals surface area contributed by atoms with Crippen molar-refractivity contribution >= 4 is 17.8 Å². The average molecular weight is 409 g/mol. The molecule has 0 bridgehead atoms. The van der Waals surface area contributed by atoms with Gasteiger partial charge in [0, 0.05) is 25.7 Å². The third-order valence-corrected chi connectivity index (χ3v) is 4.29. The third-order valence-electron chi connectivity index (χ3n) is 4.29. The van der Waals surface area contributed by atoms with Crippen molar-refractivity contribution in [1.82, 2.24) is 19.7 Å². The minimum Gasteiger partial charge on any atom is -0.494 e. The molecule has 0 fully saturated rings. The van der Waals surface area contributed by atoms with E-state index in [-0.39, 0.29) is 11.9 Å². The molecule has 1 aromatic heterocycles. The lowest BCUT2D eigenvalue weighted by Gasteiger charge is -2.12. The molecule has 0 atom stereocenters. The van der Waals surface area contributed by atoms with Crippen molar-refractivity contribution in [3.8, 4) is 5.75 Å². The Morgan fingerprint density at radius 1 is 1.13 bits per heavy atom. The number of anilines is 2. The molecule has 8 nitrogen and oxygen atoms in total. The van der Waals surface area contributed by atoms with Crippen LogP contribution >= 0.6 is 0 Å². The molecule has 0 radical (unpaired) electrons. The second-order valence-corrected chi connectivity index (χ2v) is 7.22. The predicted molar refractivity (Wildman–Crippen MR) is 118 cm³/mol. The summed E-state index contributed by atoms with van der Waals surface area (Å²) in [6, 6.07) is 17.1. The van der Waals surface area contributed by atoms with Gasteiger partial charge in [0.1, 0.15) is 5.75 Å². The summed E-state index contributed by atoms with van der Waals surface area (Å²) < 4.78 is 7.45. The Morgan fingerprint density at radius 3 is 2.70 bits per heavy atom. The van der Waals surface area contributed by atoms with E-state index in [0.29, 0.717) is 24.7 Å². The van der Waals surface area contributed by atoms with Crippen LogP contribution in [-0.4, -0.2) is 52.8 Å². The Labute approximate surface area is 176 Å². The van der Waals surface area contributed by atoms with E-state index in [2.05, 4.69) is 37.7 Å². The highest BCUT2D eigenvalue weighted by molar-refractivity contribution is 6.03. The zero-order valence-corrected chi connectivity index (χ0v) is 17.6. The van der Waals surface area contributed by atoms with Gasteiger partial charge in [0.05, 0.1) is 6.61 Å². The molecular weight excluding hydrogens is 380 g/mol. The molecule has 3 aromatic rings. The molecule has 0 unspecified atom stereocenters. The maximum absolute atomic E-state index is 12.2. The van der Waals surface area contributed by atoms with Gasteiger partial charge in [-0.1, -0.05) is 30.3 Å². The highest BCUT2D eigenvalue weighted by Gasteiger charge is 2.11. The Morgan fingerprint density at radius 2 is 1.93 bits per heavy atom.